The maximum absolute atomic E-state index is 12.6. The Labute approximate surface area is 152 Å². The number of para-hydroxylation sites is 1. The molecule has 134 valence electrons. The molecule has 0 spiro atoms. The van der Waals surface area contributed by atoms with E-state index in [9.17, 15) is 4.79 Å². The second-order valence-electron chi connectivity index (χ2n) is 7.01. The predicted octanol–water partition coefficient (Wildman–Crippen LogP) is 3.65. The SMILES string of the molecule is CC(C)C(N1C(=O)OC[C@H]1Cc1ccccc1)n1nnc2ccccc21. The summed E-state index contributed by atoms with van der Waals surface area (Å²) in [5.74, 6) is 0.157. The number of benzene rings is 2. The second-order valence-corrected chi connectivity index (χ2v) is 7.01. The van der Waals surface area contributed by atoms with Crippen LogP contribution < -0.4 is 0 Å². The van der Waals surface area contributed by atoms with Gasteiger partial charge < -0.3 is 4.74 Å². The quantitative estimate of drug-likeness (QED) is 0.705. The molecule has 26 heavy (non-hydrogen) atoms. The van der Waals surface area contributed by atoms with Gasteiger partial charge in [-0.3, -0.25) is 4.90 Å². The number of hydrogen-bond donors (Lipinski definition) is 0. The molecule has 1 aliphatic rings. The maximum atomic E-state index is 12.6. The number of aromatic nitrogens is 3. The van der Waals surface area contributed by atoms with Crippen LogP contribution in [0.15, 0.2) is 54.6 Å². The van der Waals surface area contributed by atoms with Crippen LogP contribution in [0.25, 0.3) is 11.0 Å². The van der Waals surface area contributed by atoms with Crippen LogP contribution in [0, 0.1) is 5.92 Å². The minimum Gasteiger partial charge on any atom is -0.447 e. The Morgan fingerprint density at radius 1 is 1.12 bits per heavy atom. The highest BCUT2D eigenvalue weighted by Crippen LogP contribution is 2.32. The molecular weight excluding hydrogens is 328 g/mol. The van der Waals surface area contributed by atoms with E-state index in [2.05, 4.69) is 36.3 Å². The van der Waals surface area contributed by atoms with Crippen LogP contribution in [-0.2, 0) is 11.2 Å². The van der Waals surface area contributed by atoms with Crippen LogP contribution in [0.2, 0.25) is 0 Å². The van der Waals surface area contributed by atoms with E-state index < -0.39 is 0 Å². The zero-order valence-electron chi connectivity index (χ0n) is 14.9. The van der Waals surface area contributed by atoms with Crippen molar-refractivity contribution >= 4 is 17.1 Å². The summed E-state index contributed by atoms with van der Waals surface area (Å²) in [5, 5.41) is 8.62. The average molecular weight is 350 g/mol. The molecular formula is C20H22N4O2. The summed E-state index contributed by atoms with van der Waals surface area (Å²) < 4.78 is 7.27. The van der Waals surface area contributed by atoms with Crippen molar-refractivity contribution in [3.63, 3.8) is 0 Å². The standard InChI is InChI=1S/C20H22N4O2/c1-14(2)19(24-18-11-7-6-10-17(18)21-22-24)23-16(13-26-20(23)25)12-15-8-4-3-5-9-15/h3-11,14,16,19H,12-13H2,1-2H3/t16-,19?/m1/s1. The zero-order chi connectivity index (χ0) is 18.1. The molecule has 2 aromatic carbocycles. The van der Waals surface area contributed by atoms with Gasteiger partial charge in [0.15, 0.2) is 0 Å². The fourth-order valence-corrected chi connectivity index (χ4v) is 3.64. The van der Waals surface area contributed by atoms with Gasteiger partial charge in [0.25, 0.3) is 0 Å². The topological polar surface area (TPSA) is 60.2 Å². The van der Waals surface area contributed by atoms with E-state index in [0.29, 0.717) is 6.61 Å². The van der Waals surface area contributed by atoms with Crippen LogP contribution in [-0.4, -0.2) is 38.6 Å². The lowest BCUT2D eigenvalue weighted by molar-refractivity contribution is 0.0919. The van der Waals surface area contributed by atoms with E-state index in [4.69, 9.17) is 4.74 Å². The summed E-state index contributed by atoms with van der Waals surface area (Å²) in [6.45, 7) is 4.57. The summed E-state index contributed by atoms with van der Waals surface area (Å²) in [5.41, 5.74) is 2.93. The van der Waals surface area contributed by atoms with Crippen molar-refractivity contribution in [2.24, 2.45) is 5.92 Å². The van der Waals surface area contributed by atoms with Crippen molar-refractivity contribution in [2.45, 2.75) is 32.5 Å². The van der Waals surface area contributed by atoms with E-state index in [1.54, 1.807) is 0 Å². The summed E-state index contributed by atoms with van der Waals surface area (Å²) in [6, 6.07) is 18.0. The van der Waals surface area contributed by atoms with E-state index in [-0.39, 0.29) is 24.2 Å². The van der Waals surface area contributed by atoms with E-state index in [1.807, 2.05) is 52.0 Å². The first kappa shape index (κ1) is 16.6. The molecule has 1 unspecified atom stereocenters. The first-order valence-electron chi connectivity index (χ1n) is 8.94. The monoisotopic (exact) mass is 350 g/mol. The highest BCUT2D eigenvalue weighted by molar-refractivity contribution is 5.75. The normalized spacial score (nSPS) is 18.5. The Morgan fingerprint density at radius 2 is 1.85 bits per heavy atom. The minimum atomic E-state index is -0.288. The van der Waals surface area contributed by atoms with E-state index in [1.165, 1.54) is 5.56 Å². The van der Waals surface area contributed by atoms with Gasteiger partial charge in [-0.1, -0.05) is 61.5 Å². The average Bonchev–Trinajstić information content (AvgIpc) is 3.22. The Morgan fingerprint density at radius 3 is 2.62 bits per heavy atom. The number of ether oxygens (including phenoxy) is 1. The number of amides is 1. The van der Waals surface area contributed by atoms with Gasteiger partial charge in [0.05, 0.1) is 11.6 Å². The van der Waals surface area contributed by atoms with Gasteiger partial charge in [-0.2, -0.15) is 0 Å². The van der Waals surface area contributed by atoms with Crippen LogP contribution in [0.4, 0.5) is 4.79 Å². The molecule has 1 aliphatic heterocycles. The van der Waals surface area contributed by atoms with Crippen LogP contribution in [0.1, 0.15) is 25.6 Å². The first-order chi connectivity index (χ1) is 12.6. The van der Waals surface area contributed by atoms with Crippen LogP contribution >= 0.6 is 0 Å². The molecule has 1 amide bonds. The smallest absolute Gasteiger partial charge is 0.411 e. The van der Waals surface area contributed by atoms with Crippen LogP contribution in [0.5, 0.6) is 0 Å². The zero-order valence-corrected chi connectivity index (χ0v) is 14.9. The van der Waals surface area contributed by atoms with Crippen LogP contribution in [0.3, 0.4) is 0 Å². The summed E-state index contributed by atoms with van der Waals surface area (Å²) in [7, 11) is 0. The lowest BCUT2D eigenvalue weighted by Gasteiger charge is -2.33. The van der Waals surface area contributed by atoms with Crippen molar-refractivity contribution in [3.05, 3.63) is 60.2 Å². The first-order valence-corrected chi connectivity index (χ1v) is 8.94. The molecule has 0 N–H and O–H groups in total. The van der Waals surface area contributed by atoms with Gasteiger partial charge in [-0.05, 0) is 30.0 Å². The number of hydrogen-bond acceptors (Lipinski definition) is 4. The molecule has 0 radical (unpaired) electrons. The van der Waals surface area contributed by atoms with Gasteiger partial charge >= 0.3 is 6.09 Å². The lowest BCUT2D eigenvalue weighted by Crippen LogP contribution is -2.43. The van der Waals surface area contributed by atoms with Gasteiger partial charge in [0.1, 0.15) is 18.3 Å². The molecule has 1 saturated heterocycles. The lowest BCUT2D eigenvalue weighted by atomic mass is 10.0. The highest BCUT2D eigenvalue weighted by atomic mass is 16.6. The molecule has 4 rings (SSSR count). The molecule has 1 aromatic heterocycles. The van der Waals surface area contributed by atoms with E-state index >= 15 is 0 Å². The largest absolute Gasteiger partial charge is 0.447 e. The maximum Gasteiger partial charge on any atom is 0.411 e. The Bertz CT molecular complexity index is 906. The molecule has 0 saturated carbocycles. The third-order valence-corrected chi connectivity index (χ3v) is 4.83. The predicted molar refractivity (Wildman–Crippen MR) is 98.5 cm³/mol. The minimum absolute atomic E-state index is 0.0275. The number of rotatable bonds is 5. The molecule has 6 heteroatoms. The summed E-state index contributed by atoms with van der Waals surface area (Å²) in [4.78, 5) is 14.4. The molecule has 3 aromatic rings. The molecule has 2 atom stereocenters. The Balaban J connectivity index is 1.71. The third-order valence-electron chi connectivity index (χ3n) is 4.83. The Kier molecular flexibility index (Phi) is 4.32. The fraction of sp³-hybridized carbons (Fsp3) is 0.350. The van der Waals surface area contributed by atoms with Gasteiger partial charge in [-0.15, -0.1) is 5.10 Å². The number of carbonyl (C=O) groups excluding carboxylic acids is 1. The summed E-state index contributed by atoms with van der Waals surface area (Å²) >= 11 is 0. The van der Waals surface area contributed by atoms with Crippen molar-refractivity contribution in [3.8, 4) is 0 Å². The second kappa shape index (κ2) is 6.78. The summed E-state index contributed by atoms with van der Waals surface area (Å²) in [6.07, 6.45) is 0.220. The number of nitrogens with zero attached hydrogens (tertiary/aromatic N) is 4. The van der Waals surface area contributed by atoms with Gasteiger partial charge in [-0.25, -0.2) is 9.48 Å². The van der Waals surface area contributed by atoms with Crippen molar-refractivity contribution in [1.29, 1.82) is 0 Å². The van der Waals surface area contributed by atoms with E-state index in [0.717, 1.165) is 17.5 Å². The number of fused-ring (bicyclic) bond motifs is 1. The molecule has 0 aliphatic carbocycles. The van der Waals surface area contributed by atoms with Gasteiger partial charge in [0, 0.05) is 0 Å². The number of cyclic esters (lactones) is 1. The van der Waals surface area contributed by atoms with Gasteiger partial charge in [0.2, 0.25) is 0 Å². The van der Waals surface area contributed by atoms with Crippen molar-refractivity contribution in [2.75, 3.05) is 6.61 Å². The van der Waals surface area contributed by atoms with Crippen molar-refractivity contribution in [1.82, 2.24) is 19.9 Å². The number of carbonyl (C=O) groups is 1. The third kappa shape index (κ3) is 2.92. The van der Waals surface area contributed by atoms with Crippen molar-refractivity contribution < 1.29 is 9.53 Å². The molecule has 2 heterocycles. The molecule has 6 nitrogen and oxygen atoms in total. The highest BCUT2D eigenvalue weighted by Gasteiger charge is 2.41. The molecule has 1 fully saturated rings. The fourth-order valence-electron chi connectivity index (χ4n) is 3.64. The molecule has 0 bridgehead atoms. The Hall–Kier alpha value is -2.89.